The first-order chi connectivity index (χ1) is 10.6. The van der Waals surface area contributed by atoms with Crippen molar-refractivity contribution in [3.63, 3.8) is 0 Å². The molecule has 22 heavy (non-hydrogen) atoms. The number of carbonyl (C=O) groups excluding carboxylic acids is 2. The van der Waals surface area contributed by atoms with Gasteiger partial charge in [0.15, 0.2) is 0 Å². The average molecular weight is 293 g/mol. The van der Waals surface area contributed by atoms with E-state index in [1.54, 1.807) is 54.6 Å². The Labute approximate surface area is 128 Å². The molecule has 0 aliphatic heterocycles. The quantitative estimate of drug-likeness (QED) is 0.871. The van der Waals surface area contributed by atoms with Gasteiger partial charge in [-0.1, -0.05) is 36.4 Å². The second-order valence-corrected chi connectivity index (χ2v) is 4.77. The molecular formula is C17H15N3O2. The first kappa shape index (κ1) is 15.3. The van der Waals surface area contributed by atoms with Crippen LogP contribution in [-0.4, -0.2) is 17.9 Å². The number of benzene rings is 2. The first-order valence-electron chi connectivity index (χ1n) is 6.75. The van der Waals surface area contributed by atoms with Crippen LogP contribution in [0.4, 0.5) is 0 Å². The number of hydrogen-bond donors (Lipinski definition) is 2. The molecule has 0 aliphatic rings. The zero-order valence-corrected chi connectivity index (χ0v) is 11.8. The lowest BCUT2D eigenvalue weighted by molar-refractivity contribution is -0.119. The summed E-state index contributed by atoms with van der Waals surface area (Å²) in [7, 11) is 0. The van der Waals surface area contributed by atoms with Crippen LogP contribution in [0.1, 0.15) is 21.5 Å². The molecular weight excluding hydrogens is 278 g/mol. The largest absolute Gasteiger partial charge is 0.368 e. The Morgan fingerprint density at radius 1 is 1.09 bits per heavy atom. The second-order valence-electron chi connectivity index (χ2n) is 4.77. The number of nitrogens with zero attached hydrogens (tertiary/aromatic N) is 1. The predicted molar refractivity (Wildman–Crippen MR) is 81.8 cm³/mol. The van der Waals surface area contributed by atoms with Crippen molar-refractivity contribution < 1.29 is 9.59 Å². The molecule has 0 radical (unpaired) electrons. The predicted octanol–water partition coefficient (Wildman–Crippen LogP) is 1.38. The van der Waals surface area contributed by atoms with E-state index in [1.165, 1.54) is 0 Å². The van der Waals surface area contributed by atoms with Crippen LogP contribution in [0.5, 0.6) is 0 Å². The average Bonchev–Trinajstić information content (AvgIpc) is 2.55. The molecule has 2 amide bonds. The van der Waals surface area contributed by atoms with Gasteiger partial charge in [0.2, 0.25) is 5.91 Å². The van der Waals surface area contributed by atoms with Crippen LogP contribution in [0.25, 0.3) is 0 Å². The molecule has 0 unspecified atom stereocenters. The van der Waals surface area contributed by atoms with Crippen LogP contribution in [0, 0.1) is 11.3 Å². The van der Waals surface area contributed by atoms with Crippen LogP contribution in [-0.2, 0) is 11.2 Å². The molecule has 3 N–H and O–H groups in total. The van der Waals surface area contributed by atoms with Gasteiger partial charge in [0.25, 0.3) is 5.91 Å². The zero-order valence-electron chi connectivity index (χ0n) is 11.8. The maximum absolute atomic E-state index is 12.1. The van der Waals surface area contributed by atoms with Crippen molar-refractivity contribution in [3.05, 3.63) is 71.3 Å². The summed E-state index contributed by atoms with van der Waals surface area (Å²) in [6.07, 6.45) is 0.178. The number of hydrogen-bond acceptors (Lipinski definition) is 3. The number of rotatable bonds is 5. The van der Waals surface area contributed by atoms with E-state index >= 15 is 0 Å². The fourth-order valence-corrected chi connectivity index (χ4v) is 2.08. The van der Waals surface area contributed by atoms with Gasteiger partial charge in [0, 0.05) is 12.0 Å². The number of nitrogens with one attached hydrogen (secondary N) is 1. The third kappa shape index (κ3) is 3.70. The highest BCUT2D eigenvalue weighted by atomic mass is 16.2. The summed E-state index contributed by atoms with van der Waals surface area (Å²) < 4.78 is 0. The van der Waals surface area contributed by atoms with Gasteiger partial charge in [-0.25, -0.2) is 0 Å². The van der Waals surface area contributed by atoms with E-state index in [4.69, 9.17) is 11.0 Å². The van der Waals surface area contributed by atoms with E-state index < -0.39 is 11.9 Å². The number of carbonyl (C=O) groups is 2. The molecule has 0 saturated heterocycles. The first-order valence-corrected chi connectivity index (χ1v) is 6.75. The lowest BCUT2D eigenvalue weighted by Gasteiger charge is -2.16. The van der Waals surface area contributed by atoms with Gasteiger partial charge in [0.05, 0.1) is 11.6 Å². The minimum atomic E-state index is -0.873. The molecule has 5 nitrogen and oxygen atoms in total. The van der Waals surface area contributed by atoms with Crippen molar-refractivity contribution in [2.24, 2.45) is 5.73 Å². The molecule has 0 aromatic heterocycles. The van der Waals surface area contributed by atoms with Gasteiger partial charge < -0.3 is 11.1 Å². The lowest BCUT2D eigenvalue weighted by Crippen LogP contribution is -2.46. The molecule has 0 bridgehead atoms. The summed E-state index contributed by atoms with van der Waals surface area (Å²) in [5.41, 5.74) is 6.94. The molecule has 0 fully saturated rings. The van der Waals surface area contributed by atoms with Gasteiger partial charge in [-0.05, 0) is 23.8 Å². The van der Waals surface area contributed by atoms with E-state index in [0.717, 1.165) is 0 Å². The maximum Gasteiger partial charge on any atom is 0.251 e. The molecule has 2 aromatic carbocycles. The Morgan fingerprint density at radius 2 is 1.73 bits per heavy atom. The summed E-state index contributed by atoms with van der Waals surface area (Å²) in [5, 5.41) is 11.7. The summed E-state index contributed by atoms with van der Waals surface area (Å²) in [5.74, 6) is -1.02. The van der Waals surface area contributed by atoms with Crippen molar-refractivity contribution >= 4 is 11.8 Å². The van der Waals surface area contributed by atoms with Gasteiger partial charge in [0.1, 0.15) is 6.04 Å². The highest BCUT2D eigenvalue weighted by Crippen LogP contribution is 2.10. The van der Waals surface area contributed by atoms with Crippen molar-refractivity contribution in [2.45, 2.75) is 12.5 Å². The van der Waals surface area contributed by atoms with E-state index in [-0.39, 0.29) is 12.3 Å². The highest BCUT2D eigenvalue weighted by Gasteiger charge is 2.20. The Kier molecular flexibility index (Phi) is 4.89. The minimum absolute atomic E-state index is 0.178. The smallest absolute Gasteiger partial charge is 0.251 e. The summed E-state index contributed by atoms with van der Waals surface area (Å²) in [4.78, 5) is 23.7. The van der Waals surface area contributed by atoms with Crippen LogP contribution < -0.4 is 11.1 Å². The SMILES string of the molecule is N#Cc1ccccc1C[C@@H](NC(=O)c1ccccc1)C(N)=O. The van der Waals surface area contributed by atoms with Gasteiger partial charge in [-0.2, -0.15) is 5.26 Å². The number of nitriles is 1. The van der Waals surface area contributed by atoms with Crippen molar-refractivity contribution in [2.75, 3.05) is 0 Å². The lowest BCUT2D eigenvalue weighted by atomic mass is 10.00. The molecule has 2 rings (SSSR count). The summed E-state index contributed by atoms with van der Waals surface area (Å²) in [6.45, 7) is 0. The molecule has 5 heteroatoms. The Hall–Kier alpha value is -3.13. The van der Waals surface area contributed by atoms with Gasteiger partial charge in [-0.3, -0.25) is 9.59 Å². The molecule has 1 atom stereocenters. The molecule has 0 heterocycles. The molecule has 0 saturated carbocycles. The van der Waals surface area contributed by atoms with Crippen molar-refractivity contribution in [1.29, 1.82) is 5.26 Å². The molecule has 110 valence electrons. The van der Waals surface area contributed by atoms with E-state index in [9.17, 15) is 9.59 Å². The highest BCUT2D eigenvalue weighted by molar-refractivity contribution is 5.97. The number of primary amides is 1. The number of nitrogens with two attached hydrogens (primary N) is 1. The molecule has 2 aromatic rings. The van der Waals surface area contributed by atoms with Crippen molar-refractivity contribution in [3.8, 4) is 6.07 Å². The van der Waals surface area contributed by atoms with Gasteiger partial charge >= 0.3 is 0 Å². The zero-order chi connectivity index (χ0) is 15.9. The summed E-state index contributed by atoms with van der Waals surface area (Å²) in [6, 6.07) is 16.7. The normalized spacial score (nSPS) is 11.2. The van der Waals surface area contributed by atoms with Crippen LogP contribution in [0.15, 0.2) is 54.6 Å². The fourth-order valence-electron chi connectivity index (χ4n) is 2.08. The Balaban J connectivity index is 2.16. The minimum Gasteiger partial charge on any atom is -0.368 e. The van der Waals surface area contributed by atoms with E-state index in [1.807, 2.05) is 0 Å². The van der Waals surface area contributed by atoms with E-state index in [0.29, 0.717) is 16.7 Å². The molecule has 0 spiro atoms. The van der Waals surface area contributed by atoms with Crippen LogP contribution in [0.2, 0.25) is 0 Å². The maximum atomic E-state index is 12.1. The third-order valence-corrected chi connectivity index (χ3v) is 3.25. The molecule has 0 aliphatic carbocycles. The van der Waals surface area contributed by atoms with Crippen LogP contribution in [0.3, 0.4) is 0 Å². The second kappa shape index (κ2) is 7.04. The third-order valence-electron chi connectivity index (χ3n) is 3.25. The fraction of sp³-hybridized carbons (Fsp3) is 0.118. The van der Waals surface area contributed by atoms with Crippen molar-refractivity contribution in [1.82, 2.24) is 5.32 Å². The Bertz CT molecular complexity index is 720. The monoisotopic (exact) mass is 293 g/mol. The number of amides is 2. The summed E-state index contributed by atoms with van der Waals surface area (Å²) >= 11 is 0. The van der Waals surface area contributed by atoms with Crippen LogP contribution >= 0.6 is 0 Å². The van der Waals surface area contributed by atoms with Gasteiger partial charge in [-0.15, -0.1) is 0 Å². The Morgan fingerprint density at radius 3 is 2.36 bits per heavy atom. The standard InChI is InChI=1S/C17H15N3O2/c18-11-14-9-5-4-8-13(14)10-15(16(19)21)20-17(22)12-6-2-1-3-7-12/h1-9,15H,10H2,(H2,19,21)(H,20,22)/t15-/m1/s1. The topological polar surface area (TPSA) is 96.0 Å². The van der Waals surface area contributed by atoms with E-state index in [2.05, 4.69) is 11.4 Å².